The van der Waals surface area contributed by atoms with Crippen LogP contribution in [0.2, 0.25) is 0 Å². The fourth-order valence-electron chi connectivity index (χ4n) is 1.04. The molecule has 0 bridgehead atoms. The highest BCUT2D eigenvalue weighted by Crippen LogP contribution is 2.08. The Kier molecular flexibility index (Phi) is 8.50. The quantitative estimate of drug-likeness (QED) is 0.597. The van der Waals surface area contributed by atoms with Crippen molar-refractivity contribution in [2.75, 3.05) is 25.1 Å². The van der Waals surface area contributed by atoms with E-state index in [0.717, 1.165) is 12.8 Å². The lowest BCUT2D eigenvalue weighted by Gasteiger charge is -2.09. The smallest absolute Gasteiger partial charge is 0.211 e. The lowest BCUT2D eigenvalue weighted by atomic mass is 10.3. The largest absolute Gasteiger partial charge is 0.330 e. The second kappa shape index (κ2) is 8.38. The van der Waals surface area contributed by atoms with Crippen molar-refractivity contribution in [3.8, 4) is 0 Å². The Labute approximate surface area is 97.4 Å². The molecular formula is C9H22N2O2S2. The van der Waals surface area contributed by atoms with E-state index < -0.39 is 10.0 Å². The van der Waals surface area contributed by atoms with Crippen LogP contribution in [0.25, 0.3) is 0 Å². The van der Waals surface area contributed by atoms with Gasteiger partial charge in [-0.05, 0) is 32.1 Å². The molecule has 0 fully saturated rings. The van der Waals surface area contributed by atoms with Crippen molar-refractivity contribution >= 4 is 21.8 Å². The summed E-state index contributed by atoms with van der Waals surface area (Å²) in [6.45, 7) is 3.18. The first-order valence-electron chi connectivity index (χ1n) is 5.22. The predicted octanol–water partition coefficient (Wildman–Crippen LogP) is 0.786. The van der Waals surface area contributed by atoms with E-state index in [1.54, 1.807) is 11.8 Å². The highest BCUT2D eigenvalue weighted by molar-refractivity contribution is 7.99. The number of hydrogen-bond acceptors (Lipinski definition) is 4. The number of hydrogen-bond donors (Lipinski definition) is 2. The molecular weight excluding hydrogens is 232 g/mol. The van der Waals surface area contributed by atoms with Gasteiger partial charge in [-0.15, -0.1) is 0 Å². The Hall–Kier alpha value is 0.220. The number of nitrogens with two attached hydrogens (primary N) is 1. The Morgan fingerprint density at radius 1 is 1.40 bits per heavy atom. The van der Waals surface area contributed by atoms with E-state index >= 15 is 0 Å². The molecule has 0 aromatic rings. The van der Waals surface area contributed by atoms with Crippen LogP contribution in [0.4, 0.5) is 0 Å². The Bertz CT molecular complexity index is 242. The lowest BCUT2D eigenvalue weighted by Crippen LogP contribution is -2.28. The third-order valence-corrected chi connectivity index (χ3v) is 4.65. The summed E-state index contributed by atoms with van der Waals surface area (Å²) in [6, 6.07) is 0. The van der Waals surface area contributed by atoms with Gasteiger partial charge in [-0.25, -0.2) is 13.1 Å². The first-order chi connectivity index (χ1) is 7.02. The van der Waals surface area contributed by atoms with Crippen LogP contribution in [0.1, 0.15) is 26.2 Å². The molecule has 0 aromatic heterocycles. The molecule has 0 amide bonds. The monoisotopic (exact) mass is 254 g/mol. The van der Waals surface area contributed by atoms with Crippen molar-refractivity contribution in [2.45, 2.75) is 31.4 Å². The Morgan fingerprint density at radius 2 is 2.07 bits per heavy atom. The molecule has 0 heterocycles. The Morgan fingerprint density at radius 3 is 2.60 bits per heavy atom. The van der Waals surface area contributed by atoms with Crippen LogP contribution in [0, 0.1) is 0 Å². The third-order valence-electron chi connectivity index (χ3n) is 2.14. The van der Waals surface area contributed by atoms with Gasteiger partial charge in [0.15, 0.2) is 0 Å². The molecule has 0 rings (SSSR count). The molecule has 0 saturated heterocycles. The van der Waals surface area contributed by atoms with E-state index in [1.165, 1.54) is 0 Å². The molecule has 92 valence electrons. The summed E-state index contributed by atoms with van der Waals surface area (Å²) in [5.41, 5.74) is 5.30. The van der Waals surface area contributed by atoms with E-state index in [1.807, 2.05) is 6.26 Å². The van der Waals surface area contributed by atoms with E-state index in [0.29, 0.717) is 24.8 Å². The van der Waals surface area contributed by atoms with Gasteiger partial charge >= 0.3 is 0 Å². The van der Waals surface area contributed by atoms with Crippen molar-refractivity contribution in [1.82, 2.24) is 4.72 Å². The van der Waals surface area contributed by atoms with E-state index in [-0.39, 0.29) is 5.75 Å². The molecule has 0 aliphatic carbocycles. The van der Waals surface area contributed by atoms with E-state index in [9.17, 15) is 8.42 Å². The highest BCUT2D eigenvalue weighted by atomic mass is 32.2. The van der Waals surface area contributed by atoms with E-state index in [2.05, 4.69) is 11.6 Å². The van der Waals surface area contributed by atoms with Crippen LogP contribution in [0.5, 0.6) is 0 Å². The minimum atomic E-state index is -3.07. The molecule has 0 radical (unpaired) electrons. The van der Waals surface area contributed by atoms with Gasteiger partial charge in [0.1, 0.15) is 0 Å². The number of rotatable bonds is 9. The summed E-state index contributed by atoms with van der Waals surface area (Å²) in [5, 5.41) is 0.497. The fourth-order valence-corrected chi connectivity index (χ4v) is 2.56. The van der Waals surface area contributed by atoms with Crippen molar-refractivity contribution in [1.29, 1.82) is 0 Å². The number of nitrogens with one attached hydrogen (secondary N) is 1. The molecule has 4 nitrogen and oxygen atoms in total. The zero-order valence-corrected chi connectivity index (χ0v) is 11.2. The lowest BCUT2D eigenvalue weighted by molar-refractivity contribution is 0.575. The van der Waals surface area contributed by atoms with Gasteiger partial charge < -0.3 is 5.73 Å². The minimum absolute atomic E-state index is 0.192. The first-order valence-corrected chi connectivity index (χ1v) is 8.16. The van der Waals surface area contributed by atoms with Gasteiger partial charge in [-0.2, -0.15) is 11.8 Å². The number of thioether (sulfide) groups is 1. The standard InChI is InChI=1S/C9H22N2O2S2/c1-9(14-2)5-7-11-15(12,13)8-4-3-6-10/h9,11H,3-8,10H2,1-2H3. The van der Waals surface area contributed by atoms with Crippen molar-refractivity contribution in [3.05, 3.63) is 0 Å². The van der Waals surface area contributed by atoms with Crippen LogP contribution in [0.15, 0.2) is 0 Å². The SMILES string of the molecule is CSC(C)CCNS(=O)(=O)CCCCN. The molecule has 0 aliphatic heterocycles. The third kappa shape index (κ3) is 9.17. The predicted molar refractivity (Wildman–Crippen MR) is 67.7 cm³/mol. The van der Waals surface area contributed by atoms with Crippen molar-refractivity contribution in [2.24, 2.45) is 5.73 Å². The van der Waals surface area contributed by atoms with Gasteiger partial charge in [0, 0.05) is 11.8 Å². The van der Waals surface area contributed by atoms with Crippen molar-refractivity contribution in [3.63, 3.8) is 0 Å². The molecule has 15 heavy (non-hydrogen) atoms. The summed E-state index contributed by atoms with van der Waals surface area (Å²) in [5.74, 6) is 0.192. The molecule has 1 atom stereocenters. The zero-order chi connectivity index (χ0) is 11.7. The van der Waals surface area contributed by atoms with Crippen LogP contribution >= 0.6 is 11.8 Å². The van der Waals surface area contributed by atoms with Gasteiger partial charge in [0.25, 0.3) is 0 Å². The molecule has 0 spiro atoms. The van der Waals surface area contributed by atoms with Gasteiger partial charge in [-0.1, -0.05) is 6.92 Å². The second-order valence-corrected chi connectivity index (χ2v) is 6.75. The summed E-state index contributed by atoms with van der Waals surface area (Å²) in [7, 11) is -3.07. The average Bonchev–Trinajstić information content (AvgIpc) is 2.17. The fraction of sp³-hybridized carbons (Fsp3) is 1.00. The van der Waals surface area contributed by atoms with Gasteiger partial charge in [0.05, 0.1) is 5.75 Å². The van der Waals surface area contributed by atoms with Crippen LogP contribution in [-0.4, -0.2) is 38.8 Å². The molecule has 6 heteroatoms. The number of unbranched alkanes of at least 4 members (excludes halogenated alkanes) is 1. The van der Waals surface area contributed by atoms with Gasteiger partial charge in [0.2, 0.25) is 10.0 Å². The molecule has 0 aromatic carbocycles. The summed E-state index contributed by atoms with van der Waals surface area (Å²) in [4.78, 5) is 0. The maximum atomic E-state index is 11.4. The van der Waals surface area contributed by atoms with Crippen molar-refractivity contribution < 1.29 is 8.42 Å². The first kappa shape index (κ1) is 15.2. The highest BCUT2D eigenvalue weighted by Gasteiger charge is 2.09. The van der Waals surface area contributed by atoms with Crippen LogP contribution in [-0.2, 0) is 10.0 Å². The zero-order valence-electron chi connectivity index (χ0n) is 9.53. The maximum absolute atomic E-state index is 11.4. The molecule has 0 aliphatic rings. The summed E-state index contributed by atoms with van der Waals surface area (Å²) >= 11 is 1.75. The Balaban J connectivity index is 3.65. The molecule has 3 N–H and O–H groups in total. The topological polar surface area (TPSA) is 72.2 Å². The molecule has 0 saturated carbocycles. The average molecular weight is 254 g/mol. The summed E-state index contributed by atoms with van der Waals surface area (Å²) < 4.78 is 25.4. The van der Waals surface area contributed by atoms with Gasteiger partial charge in [-0.3, -0.25) is 0 Å². The summed E-state index contributed by atoms with van der Waals surface area (Å²) in [6.07, 6.45) is 4.31. The minimum Gasteiger partial charge on any atom is -0.330 e. The van der Waals surface area contributed by atoms with Crippen LogP contribution < -0.4 is 10.5 Å². The maximum Gasteiger partial charge on any atom is 0.211 e. The molecule has 1 unspecified atom stereocenters. The van der Waals surface area contributed by atoms with E-state index in [4.69, 9.17) is 5.73 Å². The normalized spacial score (nSPS) is 14.1. The second-order valence-electron chi connectivity index (χ2n) is 3.54. The van der Waals surface area contributed by atoms with Crippen LogP contribution in [0.3, 0.4) is 0 Å². The number of sulfonamides is 1.